The number of nitrogens with two attached hydrogens (primary N) is 1. The quantitative estimate of drug-likeness (QED) is 0.646. The van der Waals surface area contributed by atoms with Crippen LogP contribution in [0.1, 0.15) is 31.2 Å². The first-order valence-electron chi connectivity index (χ1n) is 11.6. The number of aromatic nitrogens is 1. The van der Waals surface area contributed by atoms with Gasteiger partial charge in [-0.3, -0.25) is 9.59 Å². The number of aryl methyl sites for hydroxylation is 1. The molecule has 0 radical (unpaired) electrons. The molecule has 3 N–H and O–H groups in total. The second kappa shape index (κ2) is 10.1. The number of rotatable bonds is 6. The normalized spacial score (nSPS) is 20.1. The van der Waals surface area contributed by atoms with Crippen LogP contribution < -0.4 is 16.0 Å². The highest BCUT2D eigenvalue weighted by atomic mass is 32.2. The Morgan fingerprint density at radius 2 is 1.71 bits per heavy atom. The van der Waals surface area contributed by atoms with Crippen molar-refractivity contribution in [3.05, 3.63) is 48.2 Å². The van der Waals surface area contributed by atoms with Gasteiger partial charge in [0.05, 0.1) is 22.7 Å². The molecule has 182 valence electrons. The van der Waals surface area contributed by atoms with Crippen molar-refractivity contribution in [3.8, 4) is 0 Å². The summed E-state index contributed by atoms with van der Waals surface area (Å²) in [6.07, 6.45) is 4.21. The van der Waals surface area contributed by atoms with Crippen molar-refractivity contribution in [2.24, 2.45) is 17.6 Å². The Morgan fingerprint density at radius 1 is 1.00 bits per heavy atom. The fourth-order valence-electron chi connectivity index (χ4n) is 4.53. The topological polar surface area (TPSA) is 126 Å². The summed E-state index contributed by atoms with van der Waals surface area (Å²) in [6, 6.07) is 10.4. The van der Waals surface area contributed by atoms with E-state index in [1.54, 1.807) is 36.5 Å². The molecule has 0 saturated carbocycles. The monoisotopic (exact) mass is 485 g/mol. The van der Waals surface area contributed by atoms with Crippen molar-refractivity contribution in [2.75, 3.05) is 36.4 Å². The zero-order valence-corrected chi connectivity index (χ0v) is 20.1. The van der Waals surface area contributed by atoms with Crippen LogP contribution in [0.5, 0.6) is 0 Å². The molecule has 3 heterocycles. The van der Waals surface area contributed by atoms with Crippen LogP contribution in [0.15, 0.2) is 47.5 Å². The molecule has 1 aromatic carbocycles. The summed E-state index contributed by atoms with van der Waals surface area (Å²) < 4.78 is 27.2. The van der Waals surface area contributed by atoms with Gasteiger partial charge in [0.25, 0.3) is 0 Å². The number of nitrogens with zero attached hydrogens (tertiary/aromatic N) is 3. The van der Waals surface area contributed by atoms with Crippen molar-refractivity contribution in [3.63, 3.8) is 0 Å². The maximum atomic E-state index is 12.9. The first-order chi connectivity index (χ1) is 16.2. The summed E-state index contributed by atoms with van der Waals surface area (Å²) in [5, 5.41) is 2.90. The fraction of sp³-hybridized carbons (Fsp3) is 0.458. The molecule has 4 rings (SSSR count). The molecule has 2 saturated heterocycles. The predicted molar refractivity (Wildman–Crippen MR) is 130 cm³/mol. The Labute approximate surface area is 200 Å². The van der Waals surface area contributed by atoms with Crippen molar-refractivity contribution in [1.29, 1.82) is 0 Å². The van der Waals surface area contributed by atoms with E-state index in [2.05, 4.69) is 10.3 Å². The summed E-state index contributed by atoms with van der Waals surface area (Å²) in [5.41, 5.74) is 7.05. The minimum atomic E-state index is -3.55. The number of hydrogen-bond donors (Lipinski definition) is 2. The number of hydrogen-bond acceptors (Lipinski definition) is 6. The van der Waals surface area contributed by atoms with E-state index in [4.69, 9.17) is 5.73 Å². The average Bonchev–Trinajstić information content (AvgIpc) is 2.85. The SMILES string of the molecule is Cc1ccc(S(=O)(=O)N2CCC(C(=O)Nc3ccc(N4CCCC(C(N)=O)C4)nc3)CC2)cc1. The lowest BCUT2D eigenvalue weighted by Gasteiger charge is -2.32. The first kappa shape index (κ1) is 24.2. The highest BCUT2D eigenvalue weighted by Gasteiger charge is 2.32. The largest absolute Gasteiger partial charge is 0.369 e. The molecule has 2 aliphatic rings. The Morgan fingerprint density at radius 3 is 2.32 bits per heavy atom. The third kappa shape index (κ3) is 5.39. The lowest BCUT2D eigenvalue weighted by molar-refractivity contribution is -0.122. The molecule has 2 amide bonds. The van der Waals surface area contributed by atoms with Gasteiger partial charge in [0, 0.05) is 32.1 Å². The van der Waals surface area contributed by atoms with Crippen LogP contribution in [0.2, 0.25) is 0 Å². The Bertz CT molecular complexity index is 1130. The standard InChI is InChI=1S/C24H31N5O4S/c1-17-4-7-21(8-5-17)34(32,33)29-13-10-18(11-14-29)24(31)27-20-6-9-22(26-15-20)28-12-2-3-19(16-28)23(25)30/h4-9,15,18-19H,2-3,10-14,16H2,1H3,(H2,25,30)(H,27,31). The van der Waals surface area contributed by atoms with Gasteiger partial charge in [0.1, 0.15) is 5.82 Å². The maximum Gasteiger partial charge on any atom is 0.243 e. The van der Waals surface area contributed by atoms with Crippen molar-refractivity contribution >= 4 is 33.3 Å². The maximum absolute atomic E-state index is 12.9. The Balaban J connectivity index is 1.31. The smallest absolute Gasteiger partial charge is 0.243 e. The summed E-state index contributed by atoms with van der Waals surface area (Å²) in [7, 11) is -3.55. The van der Waals surface area contributed by atoms with Crippen molar-refractivity contribution < 1.29 is 18.0 Å². The molecule has 2 aliphatic heterocycles. The van der Waals surface area contributed by atoms with Gasteiger partial charge in [0.2, 0.25) is 21.8 Å². The van der Waals surface area contributed by atoms with Crippen LogP contribution in [-0.4, -0.2) is 55.7 Å². The molecule has 1 atom stereocenters. The van der Waals surface area contributed by atoms with Crippen LogP contribution >= 0.6 is 0 Å². The van der Waals surface area contributed by atoms with E-state index >= 15 is 0 Å². The summed E-state index contributed by atoms with van der Waals surface area (Å²) in [4.78, 5) is 31.0. The number of anilines is 2. The van der Waals surface area contributed by atoms with Gasteiger partial charge < -0.3 is 16.0 Å². The molecule has 2 fully saturated rings. The minimum absolute atomic E-state index is 0.131. The molecule has 2 aromatic rings. The van der Waals surface area contributed by atoms with Gasteiger partial charge in [-0.15, -0.1) is 0 Å². The van der Waals surface area contributed by atoms with Gasteiger partial charge in [-0.2, -0.15) is 4.31 Å². The van der Waals surface area contributed by atoms with Crippen LogP contribution in [0.3, 0.4) is 0 Å². The number of amides is 2. The zero-order valence-electron chi connectivity index (χ0n) is 19.3. The Hall–Kier alpha value is -2.98. The number of carbonyl (C=O) groups is 2. The number of primary amides is 1. The van der Waals surface area contributed by atoms with Crippen molar-refractivity contribution in [2.45, 2.75) is 37.5 Å². The number of sulfonamides is 1. The summed E-state index contributed by atoms with van der Waals surface area (Å²) in [6.45, 7) is 3.89. The third-order valence-electron chi connectivity index (χ3n) is 6.65. The lowest BCUT2D eigenvalue weighted by Crippen LogP contribution is -2.41. The van der Waals surface area contributed by atoms with Gasteiger partial charge in [-0.05, 0) is 56.9 Å². The number of benzene rings is 1. The highest BCUT2D eigenvalue weighted by Crippen LogP contribution is 2.26. The number of piperidine rings is 2. The van der Waals surface area contributed by atoms with Gasteiger partial charge in [0.15, 0.2) is 0 Å². The van der Waals surface area contributed by atoms with Gasteiger partial charge in [-0.1, -0.05) is 17.7 Å². The van der Waals surface area contributed by atoms with E-state index in [0.29, 0.717) is 38.2 Å². The van der Waals surface area contributed by atoms with E-state index in [1.165, 1.54) is 4.31 Å². The summed E-state index contributed by atoms with van der Waals surface area (Å²) >= 11 is 0. The van der Waals surface area contributed by atoms with E-state index in [9.17, 15) is 18.0 Å². The molecule has 0 aliphatic carbocycles. The predicted octanol–water partition coefficient (Wildman–Crippen LogP) is 2.13. The van der Waals surface area contributed by atoms with Crippen LogP contribution in [0, 0.1) is 18.8 Å². The van der Waals surface area contributed by atoms with Crippen LogP contribution in [-0.2, 0) is 19.6 Å². The first-order valence-corrected chi connectivity index (χ1v) is 13.1. The molecule has 9 nitrogen and oxygen atoms in total. The third-order valence-corrected chi connectivity index (χ3v) is 8.56. The van der Waals surface area contributed by atoms with Gasteiger partial charge >= 0.3 is 0 Å². The second-order valence-corrected chi connectivity index (χ2v) is 11.0. The molecule has 0 bridgehead atoms. The second-order valence-electron chi connectivity index (χ2n) is 9.07. The van der Waals surface area contributed by atoms with Crippen molar-refractivity contribution in [1.82, 2.24) is 9.29 Å². The van der Waals surface area contributed by atoms with E-state index in [1.807, 2.05) is 17.9 Å². The number of nitrogens with one attached hydrogen (secondary N) is 1. The van der Waals surface area contributed by atoms with E-state index < -0.39 is 10.0 Å². The number of carbonyl (C=O) groups excluding carboxylic acids is 2. The Kier molecular flexibility index (Phi) is 7.18. The van der Waals surface area contributed by atoms with E-state index in [-0.39, 0.29) is 28.5 Å². The molecule has 0 spiro atoms. The minimum Gasteiger partial charge on any atom is -0.369 e. The molecule has 1 aromatic heterocycles. The molecule has 34 heavy (non-hydrogen) atoms. The lowest BCUT2D eigenvalue weighted by atomic mass is 9.97. The highest BCUT2D eigenvalue weighted by molar-refractivity contribution is 7.89. The summed E-state index contributed by atoms with van der Waals surface area (Å²) in [5.74, 6) is -0.100. The number of pyridine rings is 1. The zero-order chi connectivity index (χ0) is 24.3. The molecular formula is C24H31N5O4S. The molecule has 10 heteroatoms. The molecule has 1 unspecified atom stereocenters. The van der Waals surface area contributed by atoms with Gasteiger partial charge in [-0.25, -0.2) is 13.4 Å². The van der Waals surface area contributed by atoms with E-state index in [0.717, 1.165) is 30.8 Å². The van der Waals surface area contributed by atoms with Crippen LogP contribution in [0.4, 0.5) is 11.5 Å². The average molecular weight is 486 g/mol. The fourth-order valence-corrected chi connectivity index (χ4v) is 6.00. The van der Waals surface area contributed by atoms with Crippen LogP contribution in [0.25, 0.3) is 0 Å². The molecular weight excluding hydrogens is 454 g/mol.